The van der Waals surface area contributed by atoms with E-state index in [-0.39, 0.29) is 0 Å². The number of fused-ring (bicyclic) bond motifs is 1. The van der Waals surface area contributed by atoms with Crippen molar-refractivity contribution in [2.24, 2.45) is 5.73 Å². The van der Waals surface area contributed by atoms with Gasteiger partial charge in [-0.2, -0.15) is 0 Å². The summed E-state index contributed by atoms with van der Waals surface area (Å²) < 4.78 is 0. The van der Waals surface area contributed by atoms with Gasteiger partial charge in [-0.1, -0.05) is 55.7 Å². The summed E-state index contributed by atoms with van der Waals surface area (Å²) in [5.41, 5.74) is 8.66. The predicted octanol–water partition coefficient (Wildman–Crippen LogP) is 4.35. The molecular weight excluding hydrogens is 218 g/mol. The lowest BCUT2D eigenvalue weighted by molar-refractivity contribution is 0.445. The summed E-state index contributed by atoms with van der Waals surface area (Å²) in [6.07, 6.45) is 6.89. The number of nitrogens with two attached hydrogens (primary N) is 1. The molecule has 0 amide bonds. The smallest absolute Gasteiger partial charge is 0.0184 e. The molecule has 1 aliphatic rings. The average molecular weight is 239 g/mol. The molecule has 0 bridgehead atoms. The lowest BCUT2D eigenvalue weighted by Crippen LogP contribution is -2.06. The number of hydrogen-bond acceptors (Lipinski definition) is 1. The van der Waals surface area contributed by atoms with Gasteiger partial charge in [0.05, 0.1) is 0 Å². The Balaban J connectivity index is 2.12. The second-order valence-electron chi connectivity index (χ2n) is 5.40. The summed E-state index contributed by atoms with van der Waals surface area (Å²) in [5.74, 6) is 0.760. The molecule has 1 fully saturated rings. The molecule has 3 rings (SSSR count). The maximum absolute atomic E-state index is 5.84. The van der Waals surface area contributed by atoms with Gasteiger partial charge >= 0.3 is 0 Å². The zero-order valence-corrected chi connectivity index (χ0v) is 10.9. The topological polar surface area (TPSA) is 26.0 Å². The molecule has 0 radical (unpaired) electrons. The molecule has 2 N–H and O–H groups in total. The zero-order valence-electron chi connectivity index (χ0n) is 10.9. The number of rotatable bonds is 2. The molecule has 18 heavy (non-hydrogen) atoms. The van der Waals surface area contributed by atoms with Crippen LogP contribution < -0.4 is 5.73 Å². The van der Waals surface area contributed by atoms with E-state index in [0.29, 0.717) is 6.54 Å². The molecule has 2 aromatic carbocycles. The minimum atomic E-state index is 0.630. The van der Waals surface area contributed by atoms with Crippen molar-refractivity contribution < 1.29 is 0 Å². The maximum atomic E-state index is 5.84. The van der Waals surface area contributed by atoms with Crippen molar-refractivity contribution in [2.45, 2.75) is 44.6 Å². The molecule has 0 aromatic heterocycles. The van der Waals surface area contributed by atoms with Crippen LogP contribution in [-0.4, -0.2) is 0 Å². The summed E-state index contributed by atoms with van der Waals surface area (Å²) in [5, 5.41) is 2.77. The van der Waals surface area contributed by atoms with E-state index in [9.17, 15) is 0 Å². The van der Waals surface area contributed by atoms with Gasteiger partial charge in [-0.25, -0.2) is 0 Å². The van der Waals surface area contributed by atoms with Crippen LogP contribution in [-0.2, 0) is 6.54 Å². The Bertz CT molecular complexity index is 538. The number of hydrogen-bond donors (Lipinski definition) is 1. The van der Waals surface area contributed by atoms with E-state index in [2.05, 4.69) is 36.4 Å². The molecular formula is C17H21N. The minimum absolute atomic E-state index is 0.630. The van der Waals surface area contributed by atoms with Gasteiger partial charge in [0.1, 0.15) is 0 Å². The molecule has 0 aliphatic heterocycles. The van der Waals surface area contributed by atoms with Crippen LogP contribution in [0.25, 0.3) is 10.8 Å². The Morgan fingerprint density at radius 2 is 1.61 bits per heavy atom. The molecule has 0 heterocycles. The van der Waals surface area contributed by atoms with E-state index in [1.54, 1.807) is 5.56 Å². The van der Waals surface area contributed by atoms with Crippen molar-refractivity contribution in [1.82, 2.24) is 0 Å². The van der Waals surface area contributed by atoms with E-state index >= 15 is 0 Å². The fraction of sp³-hybridized carbons (Fsp3) is 0.412. The van der Waals surface area contributed by atoms with Crippen LogP contribution in [0.1, 0.15) is 49.1 Å². The highest BCUT2D eigenvalue weighted by Gasteiger charge is 2.18. The first-order chi connectivity index (χ1) is 8.90. The summed E-state index contributed by atoms with van der Waals surface area (Å²) in [4.78, 5) is 0. The monoisotopic (exact) mass is 239 g/mol. The fourth-order valence-corrected chi connectivity index (χ4v) is 3.33. The molecule has 0 atom stereocenters. The maximum Gasteiger partial charge on any atom is 0.0184 e. The van der Waals surface area contributed by atoms with E-state index in [1.807, 2.05) is 0 Å². The molecule has 1 nitrogen and oxygen atoms in total. The van der Waals surface area contributed by atoms with Crippen molar-refractivity contribution in [2.75, 3.05) is 0 Å². The molecule has 1 saturated carbocycles. The Labute approximate surface area is 109 Å². The molecule has 1 heteroatoms. The van der Waals surface area contributed by atoms with Crippen LogP contribution >= 0.6 is 0 Å². The Hall–Kier alpha value is -1.34. The second-order valence-corrected chi connectivity index (χ2v) is 5.40. The summed E-state index contributed by atoms with van der Waals surface area (Å²) >= 11 is 0. The Morgan fingerprint density at radius 1 is 0.889 bits per heavy atom. The van der Waals surface area contributed by atoms with Gasteiger partial charge in [-0.05, 0) is 40.7 Å². The molecule has 0 spiro atoms. The fourth-order valence-electron chi connectivity index (χ4n) is 3.33. The summed E-state index contributed by atoms with van der Waals surface area (Å²) in [6, 6.07) is 13.3. The SMILES string of the molecule is NCc1ccc(C2CCCCC2)c2ccccc12. The highest BCUT2D eigenvalue weighted by molar-refractivity contribution is 5.89. The molecule has 94 valence electrons. The normalized spacial score (nSPS) is 17.2. The number of benzene rings is 2. The van der Waals surface area contributed by atoms with Crippen molar-refractivity contribution >= 4 is 10.8 Å². The van der Waals surface area contributed by atoms with Gasteiger partial charge in [0.25, 0.3) is 0 Å². The standard InChI is InChI=1S/C17H21N/c18-12-14-10-11-16(13-6-2-1-3-7-13)17-9-5-4-8-15(14)17/h4-5,8-11,13H,1-3,6-7,12,18H2. The third-order valence-corrected chi connectivity index (χ3v) is 4.31. The van der Waals surface area contributed by atoms with Gasteiger partial charge in [-0.3, -0.25) is 0 Å². The van der Waals surface area contributed by atoms with Gasteiger partial charge < -0.3 is 5.73 Å². The van der Waals surface area contributed by atoms with Crippen LogP contribution in [0, 0.1) is 0 Å². The first-order valence-electron chi connectivity index (χ1n) is 7.11. The first-order valence-corrected chi connectivity index (χ1v) is 7.11. The van der Waals surface area contributed by atoms with Gasteiger partial charge in [-0.15, -0.1) is 0 Å². The predicted molar refractivity (Wildman–Crippen MR) is 77.7 cm³/mol. The third-order valence-electron chi connectivity index (χ3n) is 4.31. The van der Waals surface area contributed by atoms with Crippen LogP contribution in [0.3, 0.4) is 0 Å². The highest BCUT2D eigenvalue weighted by atomic mass is 14.5. The molecule has 0 saturated heterocycles. The van der Waals surface area contributed by atoms with E-state index in [1.165, 1.54) is 48.4 Å². The highest BCUT2D eigenvalue weighted by Crippen LogP contribution is 2.37. The lowest BCUT2D eigenvalue weighted by Gasteiger charge is -2.24. The quantitative estimate of drug-likeness (QED) is 0.828. The summed E-state index contributed by atoms with van der Waals surface area (Å²) in [7, 11) is 0. The zero-order chi connectivity index (χ0) is 12.4. The van der Waals surface area contributed by atoms with Crippen molar-refractivity contribution in [3.8, 4) is 0 Å². The van der Waals surface area contributed by atoms with E-state index in [0.717, 1.165) is 5.92 Å². The van der Waals surface area contributed by atoms with Crippen LogP contribution in [0.5, 0.6) is 0 Å². The van der Waals surface area contributed by atoms with Crippen molar-refractivity contribution in [3.63, 3.8) is 0 Å². The molecule has 2 aromatic rings. The van der Waals surface area contributed by atoms with Crippen LogP contribution in [0.15, 0.2) is 36.4 Å². The van der Waals surface area contributed by atoms with Crippen LogP contribution in [0.4, 0.5) is 0 Å². The van der Waals surface area contributed by atoms with Crippen LogP contribution in [0.2, 0.25) is 0 Å². The van der Waals surface area contributed by atoms with Crippen molar-refractivity contribution in [1.29, 1.82) is 0 Å². The van der Waals surface area contributed by atoms with Gasteiger partial charge in [0, 0.05) is 6.54 Å². The largest absolute Gasteiger partial charge is 0.326 e. The average Bonchev–Trinajstić information content (AvgIpc) is 2.47. The lowest BCUT2D eigenvalue weighted by atomic mass is 9.81. The minimum Gasteiger partial charge on any atom is -0.326 e. The Morgan fingerprint density at radius 3 is 2.33 bits per heavy atom. The second kappa shape index (κ2) is 5.11. The first kappa shape index (κ1) is 11.7. The molecule has 0 unspecified atom stereocenters. The third kappa shape index (κ3) is 2.04. The molecule has 1 aliphatic carbocycles. The Kier molecular flexibility index (Phi) is 3.33. The van der Waals surface area contributed by atoms with E-state index in [4.69, 9.17) is 5.73 Å². The van der Waals surface area contributed by atoms with Crippen molar-refractivity contribution in [3.05, 3.63) is 47.5 Å². The van der Waals surface area contributed by atoms with Gasteiger partial charge in [0.2, 0.25) is 0 Å². The summed E-state index contributed by atoms with van der Waals surface area (Å²) in [6.45, 7) is 0.630. The van der Waals surface area contributed by atoms with Gasteiger partial charge in [0.15, 0.2) is 0 Å². The van der Waals surface area contributed by atoms with E-state index < -0.39 is 0 Å².